The quantitative estimate of drug-likeness (QED) is 0.601. The fourth-order valence-corrected chi connectivity index (χ4v) is 2.14. The number of aliphatic hydroxyl groups excluding tert-OH is 1. The highest BCUT2D eigenvalue weighted by Crippen LogP contribution is 2.21. The minimum absolute atomic E-state index is 0.328. The first-order chi connectivity index (χ1) is 8.74. The Morgan fingerprint density at radius 2 is 2.22 bits per heavy atom. The van der Waals surface area contributed by atoms with Gasteiger partial charge < -0.3 is 10.0 Å². The highest BCUT2D eigenvalue weighted by molar-refractivity contribution is 7.10. The van der Waals surface area contributed by atoms with Crippen molar-refractivity contribution in [3.8, 4) is 0 Å². The Hall–Kier alpha value is -1.16. The van der Waals surface area contributed by atoms with E-state index in [2.05, 4.69) is 37.8 Å². The van der Waals surface area contributed by atoms with Gasteiger partial charge in [0.2, 0.25) is 0 Å². The maximum absolute atomic E-state index is 9.88. The maximum atomic E-state index is 9.88. The average molecular weight is 265 g/mol. The van der Waals surface area contributed by atoms with Crippen LogP contribution < -0.4 is 0 Å². The Morgan fingerprint density at radius 3 is 2.78 bits per heavy atom. The molecule has 0 bridgehead atoms. The van der Waals surface area contributed by atoms with Gasteiger partial charge in [0.05, 0.1) is 6.10 Å². The Morgan fingerprint density at radius 1 is 1.50 bits per heavy atom. The second-order valence-electron chi connectivity index (χ2n) is 3.75. The minimum atomic E-state index is -0.328. The van der Waals surface area contributed by atoms with Gasteiger partial charge >= 0.3 is 0 Å². The average Bonchev–Trinajstić information content (AvgIpc) is 2.92. The van der Waals surface area contributed by atoms with Crippen molar-refractivity contribution < 1.29 is 5.11 Å². The van der Waals surface area contributed by atoms with Gasteiger partial charge in [-0.05, 0) is 24.9 Å². The summed E-state index contributed by atoms with van der Waals surface area (Å²) in [4.78, 5) is 3.23. The molecule has 0 aliphatic carbocycles. The second kappa shape index (κ2) is 11.0. The van der Waals surface area contributed by atoms with E-state index in [0.717, 1.165) is 24.4 Å². The van der Waals surface area contributed by atoms with Crippen LogP contribution in [0.4, 0.5) is 0 Å². The van der Waals surface area contributed by atoms with E-state index in [-0.39, 0.29) is 6.10 Å². The van der Waals surface area contributed by atoms with Crippen LogP contribution in [-0.2, 0) is 0 Å². The van der Waals surface area contributed by atoms with Crippen molar-refractivity contribution in [3.05, 3.63) is 60.4 Å². The van der Waals surface area contributed by atoms with Crippen molar-refractivity contribution in [2.24, 2.45) is 0 Å². The molecule has 100 valence electrons. The van der Waals surface area contributed by atoms with E-state index >= 15 is 0 Å². The first-order valence-electron chi connectivity index (χ1n) is 5.91. The largest absolute Gasteiger partial charge is 0.388 e. The number of likely N-dealkylation sites (N-methyl/N-ethyl adjacent to an activating group) is 1. The fraction of sp³-hybridized carbons (Fsp3) is 0.333. The molecule has 0 saturated heterocycles. The summed E-state index contributed by atoms with van der Waals surface area (Å²) < 4.78 is 0. The van der Waals surface area contributed by atoms with Gasteiger partial charge in [-0.2, -0.15) is 0 Å². The number of hydrogen-bond acceptors (Lipinski definition) is 3. The van der Waals surface area contributed by atoms with Gasteiger partial charge in [-0.25, -0.2) is 0 Å². The van der Waals surface area contributed by atoms with Crippen LogP contribution in [0.5, 0.6) is 0 Å². The summed E-state index contributed by atoms with van der Waals surface area (Å²) >= 11 is 1.61. The lowest BCUT2D eigenvalue weighted by Gasteiger charge is -2.16. The minimum Gasteiger partial charge on any atom is -0.388 e. The van der Waals surface area contributed by atoms with Gasteiger partial charge in [-0.1, -0.05) is 30.9 Å². The molecule has 1 unspecified atom stereocenters. The number of allylic oxidation sites excluding steroid dienone is 2. The van der Waals surface area contributed by atoms with Gasteiger partial charge in [0.25, 0.3) is 0 Å². The van der Waals surface area contributed by atoms with Crippen LogP contribution in [0.15, 0.2) is 55.5 Å². The molecule has 1 aromatic rings. The van der Waals surface area contributed by atoms with Crippen molar-refractivity contribution in [2.75, 3.05) is 20.1 Å². The topological polar surface area (TPSA) is 23.5 Å². The van der Waals surface area contributed by atoms with E-state index in [1.807, 2.05) is 23.6 Å². The van der Waals surface area contributed by atoms with Gasteiger partial charge in [0.15, 0.2) is 0 Å². The number of hydrogen-bond donors (Lipinski definition) is 1. The van der Waals surface area contributed by atoms with Crippen molar-refractivity contribution in [1.29, 1.82) is 0 Å². The molecule has 0 spiro atoms. The summed E-state index contributed by atoms with van der Waals surface area (Å²) in [5.41, 5.74) is 0. The predicted octanol–water partition coefficient (Wildman–Crippen LogP) is 3.65. The summed E-state index contributed by atoms with van der Waals surface area (Å²) in [6.45, 7) is 11.4. The lowest BCUT2D eigenvalue weighted by molar-refractivity contribution is 0.155. The lowest BCUT2D eigenvalue weighted by Crippen LogP contribution is -2.21. The van der Waals surface area contributed by atoms with Crippen LogP contribution in [0.2, 0.25) is 0 Å². The molecule has 0 aliphatic rings. The van der Waals surface area contributed by atoms with Crippen molar-refractivity contribution in [1.82, 2.24) is 4.90 Å². The Balaban J connectivity index is 0.00000137. The van der Waals surface area contributed by atoms with E-state index in [1.165, 1.54) is 0 Å². The molecular weight excluding hydrogens is 242 g/mol. The monoisotopic (exact) mass is 265 g/mol. The number of aliphatic hydroxyl groups is 1. The number of nitrogens with zero attached hydrogens (tertiary/aromatic N) is 1. The molecular formula is C15H23NOS. The van der Waals surface area contributed by atoms with Crippen LogP contribution in [0.3, 0.4) is 0 Å². The van der Waals surface area contributed by atoms with E-state index < -0.39 is 0 Å². The van der Waals surface area contributed by atoms with Crippen molar-refractivity contribution in [2.45, 2.75) is 12.5 Å². The van der Waals surface area contributed by atoms with Gasteiger partial charge in [-0.3, -0.25) is 0 Å². The molecule has 1 aromatic heterocycles. The maximum Gasteiger partial charge on any atom is 0.0894 e. The Kier molecular flexibility index (Phi) is 10.3. The third-order valence-electron chi connectivity index (χ3n) is 2.35. The summed E-state index contributed by atoms with van der Waals surface area (Å²) in [7, 11) is 2.05. The van der Waals surface area contributed by atoms with Gasteiger partial charge in [0.1, 0.15) is 0 Å². The molecule has 0 saturated carbocycles. The highest BCUT2D eigenvalue weighted by Gasteiger charge is 2.08. The molecule has 0 aromatic carbocycles. The molecule has 0 amide bonds. The van der Waals surface area contributed by atoms with E-state index in [4.69, 9.17) is 0 Å². The van der Waals surface area contributed by atoms with Crippen LogP contribution >= 0.6 is 11.3 Å². The van der Waals surface area contributed by atoms with Crippen LogP contribution in [0, 0.1) is 0 Å². The zero-order chi connectivity index (χ0) is 13.8. The van der Waals surface area contributed by atoms with E-state index in [1.54, 1.807) is 17.4 Å². The van der Waals surface area contributed by atoms with E-state index in [9.17, 15) is 5.11 Å². The highest BCUT2D eigenvalue weighted by atomic mass is 32.1. The number of thiophene rings is 1. The molecule has 1 atom stereocenters. The zero-order valence-corrected chi connectivity index (χ0v) is 11.9. The van der Waals surface area contributed by atoms with Crippen molar-refractivity contribution in [3.63, 3.8) is 0 Å². The van der Waals surface area contributed by atoms with Crippen molar-refractivity contribution >= 4 is 11.3 Å². The zero-order valence-electron chi connectivity index (χ0n) is 11.1. The summed E-state index contributed by atoms with van der Waals surface area (Å²) in [6, 6.07) is 3.95. The molecule has 0 radical (unpaired) electrons. The third-order valence-corrected chi connectivity index (χ3v) is 3.32. The normalized spacial score (nSPS) is 12.2. The molecule has 1 rings (SSSR count). The van der Waals surface area contributed by atoms with Crippen LogP contribution in [-0.4, -0.2) is 30.1 Å². The summed E-state index contributed by atoms with van der Waals surface area (Å²) in [5.74, 6) is 0. The van der Waals surface area contributed by atoms with E-state index in [0.29, 0.717) is 0 Å². The fourth-order valence-electron chi connectivity index (χ4n) is 1.39. The number of rotatable bonds is 7. The van der Waals surface area contributed by atoms with Crippen LogP contribution in [0.1, 0.15) is 17.4 Å². The molecule has 1 heterocycles. The molecule has 18 heavy (non-hydrogen) atoms. The van der Waals surface area contributed by atoms with Crippen LogP contribution in [0.25, 0.3) is 0 Å². The first-order valence-corrected chi connectivity index (χ1v) is 6.79. The Labute approximate surface area is 115 Å². The molecule has 2 nitrogen and oxygen atoms in total. The summed E-state index contributed by atoms with van der Waals surface area (Å²) in [6.07, 6.45) is 6.22. The Bertz CT molecular complexity index is 332. The third kappa shape index (κ3) is 7.22. The molecule has 0 fully saturated rings. The second-order valence-corrected chi connectivity index (χ2v) is 4.73. The van der Waals surface area contributed by atoms with Gasteiger partial charge in [-0.15, -0.1) is 24.5 Å². The molecule has 0 aliphatic heterocycles. The lowest BCUT2D eigenvalue weighted by atomic mass is 10.2. The first kappa shape index (κ1) is 16.8. The standard InChI is InChI=1S/C13H19NOS.C2H4/c1-3-4-5-9-14(2)10-8-12(15)13-7-6-11-16-13;1-2/h3-7,11-12,15H,1,8-10H2,2H3;1-2H2/b5-4+;. The predicted molar refractivity (Wildman–Crippen MR) is 82.0 cm³/mol. The van der Waals surface area contributed by atoms with Gasteiger partial charge in [0, 0.05) is 18.0 Å². The molecule has 1 N–H and O–H groups in total. The summed E-state index contributed by atoms with van der Waals surface area (Å²) in [5, 5.41) is 11.9. The SMILES string of the molecule is C=C.C=C/C=C/CN(C)CCC(O)c1cccs1. The molecule has 3 heteroatoms. The smallest absolute Gasteiger partial charge is 0.0894 e.